The van der Waals surface area contributed by atoms with E-state index < -0.39 is 0 Å². The number of anilines is 2. The van der Waals surface area contributed by atoms with Gasteiger partial charge in [-0.15, -0.1) is 0 Å². The standard InChI is InChI=1S/C32H27NO/c34-22-24-16-19-32-30(21-24)28-12-7-13-31(28)33(32)27-17-14-23(15-18-27)20-29(25-8-3-1-4-9-25)26-10-5-2-6-11-26/h1-6,8-11,14-22,28,31H,7,12-13H2/t28-,31-/m0/s1. The van der Waals surface area contributed by atoms with Crippen molar-refractivity contribution in [2.45, 2.75) is 31.2 Å². The van der Waals surface area contributed by atoms with Gasteiger partial charge in [-0.2, -0.15) is 0 Å². The summed E-state index contributed by atoms with van der Waals surface area (Å²) >= 11 is 0. The van der Waals surface area contributed by atoms with Crippen LogP contribution in [0.5, 0.6) is 0 Å². The number of carbonyl (C=O) groups excluding carboxylic acids is 1. The number of nitrogens with zero attached hydrogens (tertiary/aromatic N) is 1. The van der Waals surface area contributed by atoms with Crippen molar-refractivity contribution in [2.24, 2.45) is 0 Å². The topological polar surface area (TPSA) is 20.3 Å². The molecule has 2 heteroatoms. The molecule has 0 unspecified atom stereocenters. The van der Waals surface area contributed by atoms with Crippen LogP contribution in [-0.2, 0) is 0 Å². The average Bonchev–Trinajstić information content (AvgIpc) is 3.49. The molecule has 34 heavy (non-hydrogen) atoms. The van der Waals surface area contributed by atoms with Gasteiger partial charge in [-0.25, -0.2) is 0 Å². The molecule has 2 nitrogen and oxygen atoms in total. The lowest BCUT2D eigenvalue weighted by Gasteiger charge is -2.27. The lowest BCUT2D eigenvalue weighted by molar-refractivity contribution is 0.112. The van der Waals surface area contributed by atoms with E-state index in [1.807, 2.05) is 6.07 Å². The smallest absolute Gasteiger partial charge is 0.150 e. The zero-order valence-electron chi connectivity index (χ0n) is 19.1. The number of fused-ring (bicyclic) bond motifs is 3. The molecule has 4 aromatic carbocycles. The first kappa shape index (κ1) is 20.7. The lowest BCUT2D eigenvalue weighted by atomic mass is 9.95. The second-order valence-electron chi connectivity index (χ2n) is 9.29. The Labute approximate surface area is 201 Å². The van der Waals surface area contributed by atoms with Gasteiger partial charge in [-0.3, -0.25) is 4.79 Å². The minimum absolute atomic E-state index is 0.488. The summed E-state index contributed by atoms with van der Waals surface area (Å²) in [6, 6.07) is 36.8. The van der Waals surface area contributed by atoms with E-state index in [1.54, 1.807) is 0 Å². The number of hydrogen-bond acceptors (Lipinski definition) is 2. The van der Waals surface area contributed by atoms with Gasteiger partial charge in [0, 0.05) is 28.9 Å². The van der Waals surface area contributed by atoms with E-state index in [9.17, 15) is 4.79 Å². The van der Waals surface area contributed by atoms with Crippen LogP contribution in [-0.4, -0.2) is 12.3 Å². The lowest BCUT2D eigenvalue weighted by Crippen LogP contribution is -2.26. The SMILES string of the molecule is O=Cc1ccc2c(c1)[C@@H]1CCC[C@@H]1N2c1ccc(C=C(c2ccccc2)c2ccccc2)cc1. The van der Waals surface area contributed by atoms with Gasteiger partial charge in [0.15, 0.2) is 0 Å². The molecule has 0 aromatic heterocycles. The molecule has 0 bridgehead atoms. The number of rotatable bonds is 5. The summed E-state index contributed by atoms with van der Waals surface area (Å²) < 4.78 is 0. The molecule has 0 N–H and O–H groups in total. The highest BCUT2D eigenvalue weighted by Crippen LogP contribution is 2.52. The molecule has 2 aliphatic rings. The Morgan fingerprint density at radius 1 is 0.735 bits per heavy atom. The summed E-state index contributed by atoms with van der Waals surface area (Å²) in [5, 5.41) is 0. The van der Waals surface area contributed by atoms with Crippen LogP contribution in [0.4, 0.5) is 11.4 Å². The molecule has 4 aromatic rings. The van der Waals surface area contributed by atoms with Crippen LogP contribution in [0.3, 0.4) is 0 Å². The average molecular weight is 442 g/mol. The van der Waals surface area contributed by atoms with E-state index in [0.717, 1.165) is 11.8 Å². The minimum Gasteiger partial charge on any atom is -0.338 e. The molecule has 0 amide bonds. The summed E-state index contributed by atoms with van der Waals surface area (Å²) in [6.45, 7) is 0. The maximum absolute atomic E-state index is 11.4. The van der Waals surface area contributed by atoms with Gasteiger partial charge >= 0.3 is 0 Å². The molecule has 0 saturated heterocycles. The van der Waals surface area contributed by atoms with E-state index in [4.69, 9.17) is 0 Å². The molecule has 0 spiro atoms. The van der Waals surface area contributed by atoms with Crippen molar-refractivity contribution in [1.29, 1.82) is 0 Å². The fourth-order valence-electron chi connectivity index (χ4n) is 5.75. The molecule has 1 aliphatic heterocycles. The van der Waals surface area contributed by atoms with Crippen LogP contribution in [0.1, 0.15) is 57.8 Å². The number of carbonyl (C=O) groups is 1. The maximum Gasteiger partial charge on any atom is 0.150 e. The predicted molar refractivity (Wildman–Crippen MR) is 141 cm³/mol. The van der Waals surface area contributed by atoms with E-state index in [-0.39, 0.29) is 0 Å². The van der Waals surface area contributed by atoms with Crippen LogP contribution < -0.4 is 4.90 Å². The quantitative estimate of drug-likeness (QED) is 0.232. The molecule has 166 valence electrons. The highest BCUT2D eigenvalue weighted by Gasteiger charge is 2.42. The Bertz CT molecular complexity index is 1300. The first-order chi connectivity index (χ1) is 16.8. The predicted octanol–water partition coefficient (Wildman–Crippen LogP) is 7.88. The zero-order chi connectivity index (χ0) is 22.9. The van der Waals surface area contributed by atoms with Crippen LogP contribution >= 0.6 is 0 Å². The second kappa shape index (κ2) is 8.79. The molecular formula is C32H27NO. The normalized spacial score (nSPS) is 18.3. The Balaban J connectivity index is 1.37. The third-order valence-electron chi connectivity index (χ3n) is 7.31. The summed E-state index contributed by atoms with van der Waals surface area (Å²) in [7, 11) is 0. The second-order valence-corrected chi connectivity index (χ2v) is 9.29. The number of aldehydes is 1. The fourth-order valence-corrected chi connectivity index (χ4v) is 5.75. The molecule has 2 atom stereocenters. The summed E-state index contributed by atoms with van der Waals surface area (Å²) in [6.07, 6.45) is 6.89. The van der Waals surface area contributed by atoms with Crippen molar-refractivity contribution in [3.63, 3.8) is 0 Å². The molecule has 1 aliphatic carbocycles. The van der Waals surface area contributed by atoms with E-state index >= 15 is 0 Å². The summed E-state index contributed by atoms with van der Waals surface area (Å²) in [5.74, 6) is 0.525. The summed E-state index contributed by atoms with van der Waals surface area (Å²) in [4.78, 5) is 13.9. The van der Waals surface area contributed by atoms with Gasteiger partial charge in [0.2, 0.25) is 0 Å². The van der Waals surface area contributed by atoms with E-state index in [0.29, 0.717) is 12.0 Å². The Morgan fingerprint density at radius 2 is 1.38 bits per heavy atom. The summed E-state index contributed by atoms with van der Waals surface area (Å²) in [5.41, 5.74) is 9.44. The van der Waals surface area contributed by atoms with E-state index in [2.05, 4.69) is 108 Å². The Kier molecular flexibility index (Phi) is 5.35. The Hall–Kier alpha value is -3.91. The number of benzene rings is 4. The Morgan fingerprint density at radius 3 is 2.03 bits per heavy atom. The van der Waals surface area contributed by atoms with Crippen molar-refractivity contribution in [2.75, 3.05) is 4.90 Å². The minimum atomic E-state index is 0.488. The largest absolute Gasteiger partial charge is 0.338 e. The van der Waals surface area contributed by atoms with Gasteiger partial charge < -0.3 is 4.90 Å². The van der Waals surface area contributed by atoms with E-state index in [1.165, 1.54) is 58.5 Å². The third-order valence-corrected chi connectivity index (χ3v) is 7.31. The molecule has 1 heterocycles. The highest BCUT2D eigenvalue weighted by atomic mass is 16.1. The van der Waals surface area contributed by atoms with Crippen LogP contribution in [0.2, 0.25) is 0 Å². The van der Waals surface area contributed by atoms with Gasteiger partial charge in [-0.1, -0.05) is 79.2 Å². The highest BCUT2D eigenvalue weighted by molar-refractivity contribution is 5.91. The molecular weight excluding hydrogens is 414 g/mol. The fraction of sp³-hybridized carbons (Fsp3) is 0.156. The van der Waals surface area contributed by atoms with Gasteiger partial charge in [-0.05, 0) is 77.1 Å². The van der Waals surface area contributed by atoms with Crippen molar-refractivity contribution >= 4 is 29.3 Å². The molecule has 6 rings (SSSR count). The van der Waals surface area contributed by atoms with Crippen molar-refractivity contribution in [1.82, 2.24) is 0 Å². The maximum atomic E-state index is 11.4. The van der Waals surface area contributed by atoms with Crippen molar-refractivity contribution in [3.05, 3.63) is 131 Å². The number of hydrogen-bond donors (Lipinski definition) is 0. The van der Waals surface area contributed by atoms with Crippen LogP contribution in [0.25, 0.3) is 11.6 Å². The van der Waals surface area contributed by atoms with Crippen LogP contribution in [0.15, 0.2) is 103 Å². The third kappa shape index (κ3) is 3.66. The van der Waals surface area contributed by atoms with Gasteiger partial charge in [0.05, 0.1) is 0 Å². The molecule has 0 radical (unpaired) electrons. The zero-order valence-corrected chi connectivity index (χ0v) is 19.1. The van der Waals surface area contributed by atoms with Crippen LogP contribution in [0, 0.1) is 0 Å². The van der Waals surface area contributed by atoms with Crippen molar-refractivity contribution < 1.29 is 4.79 Å². The van der Waals surface area contributed by atoms with Gasteiger partial charge in [0.25, 0.3) is 0 Å². The molecule has 1 saturated carbocycles. The first-order valence-electron chi connectivity index (χ1n) is 12.1. The molecule has 1 fully saturated rings. The monoisotopic (exact) mass is 441 g/mol. The first-order valence-corrected chi connectivity index (χ1v) is 12.1. The van der Waals surface area contributed by atoms with Crippen molar-refractivity contribution in [3.8, 4) is 0 Å². The van der Waals surface area contributed by atoms with Gasteiger partial charge in [0.1, 0.15) is 6.29 Å².